The third-order valence-corrected chi connectivity index (χ3v) is 5.81. The third-order valence-electron chi connectivity index (χ3n) is 5.81. The number of phenols is 1. The van der Waals surface area contributed by atoms with E-state index in [-0.39, 0.29) is 26.6 Å². The van der Waals surface area contributed by atoms with Gasteiger partial charge >= 0.3 is 0 Å². The van der Waals surface area contributed by atoms with Gasteiger partial charge in [-0.05, 0) is 40.1 Å². The van der Waals surface area contributed by atoms with Crippen molar-refractivity contribution in [2.24, 2.45) is 10.8 Å². The molecular formula is C26H45NO3. The minimum Gasteiger partial charge on any atom is -0.507 e. The number of aromatic hydroxyl groups is 1. The van der Waals surface area contributed by atoms with Crippen LogP contribution in [0.25, 0.3) is 0 Å². The summed E-state index contributed by atoms with van der Waals surface area (Å²) in [6.45, 7) is 23.8. The topological polar surface area (TPSA) is 63.4 Å². The lowest BCUT2D eigenvalue weighted by Crippen LogP contribution is -2.29. The SMILES string of the molecule is CCC(Cc1cc(C(C)(C)CC(C)(C)C)c(O)c(C(C)(C)CC(C)(C)C)c1)[N+](=O)[O-]. The molecule has 0 bridgehead atoms. The fraction of sp³-hybridized carbons (Fsp3) is 0.769. The van der Waals surface area contributed by atoms with E-state index in [4.69, 9.17) is 0 Å². The smallest absolute Gasteiger partial charge is 0.216 e. The van der Waals surface area contributed by atoms with Gasteiger partial charge < -0.3 is 5.11 Å². The van der Waals surface area contributed by atoms with Crippen LogP contribution in [0.4, 0.5) is 0 Å². The monoisotopic (exact) mass is 419 g/mol. The molecule has 1 unspecified atom stereocenters. The summed E-state index contributed by atoms with van der Waals surface area (Å²) in [7, 11) is 0. The summed E-state index contributed by atoms with van der Waals surface area (Å²) in [5, 5.41) is 22.9. The van der Waals surface area contributed by atoms with Gasteiger partial charge in [-0.3, -0.25) is 10.1 Å². The lowest BCUT2D eigenvalue weighted by atomic mass is 9.67. The van der Waals surface area contributed by atoms with E-state index in [1.54, 1.807) is 0 Å². The summed E-state index contributed by atoms with van der Waals surface area (Å²) >= 11 is 0. The Morgan fingerprint density at radius 3 is 1.50 bits per heavy atom. The lowest BCUT2D eigenvalue weighted by Gasteiger charge is -2.37. The van der Waals surface area contributed by atoms with Gasteiger partial charge in [0.25, 0.3) is 0 Å². The molecule has 1 atom stereocenters. The summed E-state index contributed by atoms with van der Waals surface area (Å²) in [5.41, 5.74) is 2.46. The first kappa shape index (κ1) is 26.5. The highest BCUT2D eigenvalue weighted by molar-refractivity contribution is 5.50. The maximum absolute atomic E-state index is 11.5. The van der Waals surface area contributed by atoms with E-state index >= 15 is 0 Å². The number of hydrogen-bond donors (Lipinski definition) is 1. The summed E-state index contributed by atoms with van der Waals surface area (Å²) < 4.78 is 0. The minimum absolute atomic E-state index is 0.0970. The number of rotatable bonds is 8. The molecule has 0 aromatic heterocycles. The first-order valence-electron chi connectivity index (χ1n) is 11.3. The van der Waals surface area contributed by atoms with Gasteiger partial charge in [0.05, 0.1) is 0 Å². The Morgan fingerprint density at radius 2 is 1.23 bits per heavy atom. The number of hydrogen-bond acceptors (Lipinski definition) is 3. The standard InChI is InChI=1S/C26H45NO3/c1-12-19(27(29)30)13-18-14-20(25(8,9)16-23(2,3)4)22(28)21(15-18)26(10,11)17-24(5,6)7/h14-15,19,28H,12-13,16-17H2,1-11H3. The molecule has 1 rings (SSSR count). The van der Waals surface area contributed by atoms with Crippen molar-refractivity contribution in [3.8, 4) is 5.75 Å². The molecule has 0 aliphatic rings. The maximum atomic E-state index is 11.5. The molecule has 1 aromatic carbocycles. The molecule has 172 valence electrons. The quantitative estimate of drug-likeness (QED) is 0.352. The first-order valence-corrected chi connectivity index (χ1v) is 11.3. The van der Waals surface area contributed by atoms with E-state index in [1.165, 1.54) is 0 Å². The van der Waals surface area contributed by atoms with E-state index in [0.29, 0.717) is 18.6 Å². The molecule has 0 amide bonds. The van der Waals surface area contributed by atoms with Crippen molar-refractivity contribution in [3.05, 3.63) is 38.9 Å². The molecule has 1 aromatic rings. The third kappa shape index (κ3) is 7.28. The molecule has 0 aliphatic heterocycles. The van der Waals surface area contributed by atoms with Crippen molar-refractivity contribution in [1.29, 1.82) is 0 Å². The van der Waals surface area contributed by atoms with E-state index in [9.17, 15) is 15.2 Å². The van der Waals surface area contributed by atoms with Gasteiger partial charge in [0.1, 0.15) is 5.75 Å². The van der Waals surface area contributed by atoms with Crippen molar-refractivity contribution < 1.29 is 10.0 Å². The first-order chi connectivity index (χ1) is 13.3. The molecule has 0 radical (unpaired) electrons. The summed E-state index contributed by atoms with van der Waals surface area (Å²) in [6.07, 6.45) is 2.70. The van der Waals surface area contributed by atoms with Crippen LogP contribution in [0.15, 0.2) is 12.1 Å². The van der Waals surface area contributed by atoms with Gasteiger partial charge in [-0.25, -0.2) is 0 Å². The number of nitro groups is 1. The van der Waals surface area contributed by atoms with Gasteiger partial charge in [-0.2, -0.15) is 0 Å². The fourth-order valence-electron chi connectivity index (χ4n) is 5.33. The zero-order valence-corrected chi connectivity index (χ0v) is 21.3. The Bertz CT molecular complexity index is 700. The second kappa shape index (κ2) is 8.88. The molecular weight excluding hydrogens is 374 g/mol. The van der Waals surface area contributed by atoms with Crippen LogP contribution in [0.2, 0.25) is 0 Å². The number of benzene rings is 1. The predicted molar refractivity (Wildman–Crippen MR) is 127 cm³/mol. The highest BCUT2D eigenvalue weighted by Crippen LogP contribution is 2.47. The van der Waals surface area contributed by atoms with Gasteiger partial charge in [0.15, 0.2) is 0 Å². The average Bonchev–Trinajstić information content (AvgIpc) is 2.48. The van der Waals surface area contributed by atoms with E-state index in [2.05, 4.69) is 69.2 Å². The van der Waals surface area contributed by atoms with E-state index in [0.717, 1.165) is 29.5 Å². The van der Waals surface area contributed by atoms with Gasteiger partial charge in [-0.15, -0.1) is 0 Å². The number of nitrogens with zero attached hydrogens (tertiary/aromatic N) is 1. The van der Waals surface area contributed by atoms with E-state index in [1.807, 2.05) is 19.1 Å². The molecule has 0 saturated carbocycles. The fourth-order valence-corrected chi connectivity index (χ4v) is 5.33. The van der Waals surface area contributed by atoms with Crippen LogP contribution in [-0.2, 0) is 17.3 Å². The molecule has 0 saturated heterocycles. The summed E-state index contributed by atoms with van der Waals surface area (Å²) in [5.74, 6) is 0.358. The van der Waals surface area contributed by atoms with Crippen LogP contribution in [0.1, 0.15) is 112 Å². The normalized spacial score (nSPS) is 14.6. The van der Waals surface area contributed by atoms with Crippen LogP contribution < -0.4 is 0 Å². The zero-order chi connectivity index (χ0) is 23.7. The van der Waals surface area contributed by atoms with Crippen molar-refractivity contribution >= 4 is 0 Å². The second-order valence-corrected chi connectivity index (χ2v) is 12.8. The van der Waals surface area contributed by atoms with E-state index < -0.39 is 6.04 Å². The average molecular weight is 420 g/mol. The van der Waals surface area contributed by atoms with Crippen LogP contribution in [0, 0.1) is 20.9 Å². The van der Waals surface area contributed by atoms with Crippen molar-refractivity contribution in [1.82, 2.24) is 0 Å². The Morgan fingerprint density at radius 1 is 0.867 bits per heavy atom. The van der Waals surface area contributed by atoms with Gasteiger partial charge in [-0.1, -0.05) is 88.3 Å². The minimum atomic E-state index is -0.605. The Balaban J connectivity index is 3.68. The Hall–Kier alpha value is -1.58. The van der Waals surface area contributed by atoms with Crippen LogP contribution in [0.5, 0.6) is 5.75 Å². The molecule has 4 nitrogen and oxygen atoms in total. The lowest BCUT2D eigenvalue weighted by molar-refractivity contribution is -0.522. The van der Waals surface area contributed by atoms with Crippen molar-refractivity contribution in [2.75, 3.05) is 0 Å². The molecule has 4 heteroatoms. The highest BCUT2D eigenvalue weighted by atomic mass is 16.6. The Kier molecular flexibility index (Phi) is 7.83. The predicted octanol–water partition coefficient (Wildman–Crippen LogP) is 7.42. The van der Waals surface area contributed by atoms with Crippen molar-refractivity contribution in [2.45, 2.75) is 119 Å². The van der Waals surface area contributed by atoms with Crippen LogP contribution in [-0.4, -0.2) is 16.1 Å². The maximum Gasteiger partial charge on any atom is 0.216 e. The molecule has 0 aliphatic carbocycles. The summed E-state index contributed by atoms with van der Waals surface area (Å²) in [6, 6.07) is 3.43. The van der Waals surface area contributed by atoms with Crippen molar-refractivity contribution in [3.63, 3.8) is 0 Å². The van der Waals surface area contributed by atoms with Gasteiger partial charge in [0.2, 0.25) is 6.04 Å². The van der Waals surface area contributed by atoms with Gasteiger partial charge in [0, 0.05) is 28.9 Å². The highest BCUT2D eigenvalue weighted by Gasteiger charge is 2.36. The second-order valence-electron chi connectivity index (χ2n) is 12.8. The molecule has 0 spiro atoms. The Labute approximate surface area is 184 Å². The molecule has 0 heterocycles. The summed E-state index contributed by atoms with van der Waals surface area (Å²) in [4.78, 5) is 11.3. The molecule has 0 fully saturated rings. The van der Waals surface area contributed by atoms with Crippen LogP contribution in [0.3, 0.4) is 0 Å². The number of phenolic OH excluding ortho intramolecular Hbond substituents is 1. The largest absolute Gasteiger partial charge is 0.507 e. The molecule has 1 N–H and O–H groups in total. The van der Waals surface area contributed by atoms with Crippen LogP contribution >= 0.6 is 0 Å². The zero-order valence-electron chi connectivity index (χ0n) is 21.3. The molecule has 30 heavy (non-hydrogen) atoms.